The molecule has 8 nitrogen and oxygen atoms in total. The normalized spacial score (nSPS) is 13.6. The van der Waals surface area contributed by atoms with E-state index in [1.54, 1.807) is 20.8 Å². The molecule has 0 radical (unpaired) electrons. The third kappa shape index (κ3) is 5.34. The van der Waals surface area contributed by atoms with Gasteiger partial charge in [-0.25, -0.2) is 17.9 Å². The van der Waals surface area contributed by atoms with Crippen LogP contribution in [-0.2, 0) is 21.4 Å². The molecule has 1 atom stereocenters. The highest BCUT2D eigenvalue weighted by Crippen LogP contribution is 2.23. The number of carbonyl (C=O) groups is 2. The summed E-state index contributed by atoms with van der Waals surface area (Å²) in [5.74, 6) is -0.977. The molecule has 24 heavy (non-hydrogen) atoms. The zero-order valence-corrected chi connectivity index (χ0v) is 15.5. The number of hydrogen-bond acceptors (Lipinski definition) is 5. The molecule has 0 aliphatic heterocycles. The van der Waals surface area contributed by atoms with Gasteiger partial charge < -0.3 is 14.4 Å². The summed E-state index contributed by atoms with van der Waals surface area (Å²) in [4.78, 5) is 25.0. The Balaban J connectivity index is 2.99. The third-order valence-electron chi connectivity index (χ3n) is 3.41. The molecule has 0 saturated heterocycles. The minimum absolute atomic E-state index is 0.0327. The quantitative estimate of drug-likeness (QED) is 0.787. The summed E-state index contributed by atoms with van der Waals surface area (Å²) in [6.45, 7) is 6.81. The van der Waals surface area contributed by atoms with Crippen LogP contribution in [0, 0.1) is 12.3 Å². The number of aromatic carboxylic acids is 1. The average molecular weight is 360 g/mol. The number of rotatable bonds is 6. The van der Waals surface area contributed by atoms with E-state index in [2.05, 4.69) is 4.72 Å². The average Bonchev–Trinajstić information content (AvgIpc) is 2.73. The fraction of sp³-hybridized carbons (Fsp3) is 0.600. The van der Waals surface area contributed by atoms with Crippen molar-refractivity contribution in [3.8, 4) is 0 Å². The molecule has 0 aromatic carbocycles. The fourth-order valence-corrected chi connectivity index (χ4v) is 3.06. The number of carboxylic acids is 1. The van der Waals surface area contributed by atoms with Crippen LogP contribution < -0.4 is 4.72 Å². The molecule has 1 aromatic rings. The van der Waals surface area contributed by atoms with Crippen molar-refractivity contribution in [2.24, 2.45) is 5.41 Å². The van der Waals surface area contributed by atoms with Crippen LogP contribution in [0.4, 0.5) is 0 Å². The van der Waals surface area contributed by atoms with Crippen LogP contribution in [-0.4, -0.2) is 49.6 Å². The molecule has 0 bridgehead atoms. The van der Waals surface area contributed by atoms with E-state index in [0.29, 0.717) is 5.76 Å². The second-order valence-electron chi connectivity index (χ2n) is 6.87. The van der Waals surface area contributed by atoms with Gasteiger partial charge in [-0.15, -0.1) is 0 Å². The maximum atomic E-state index is 12.6. The molecule has 1 heterocycles. The molecule has 0 fully saturated rings. The molecule has 0 aliphatic rings. The number of nitrogens with one attached hydrogen (secondary N) is 1. The summed E-state index contributed by atoms with van der Waals surface area (Å²) < 4.78 is 30.8. The van der Waals surface area contributed by atoms with Gasteiger partial charge in [0.25, 0.3) is 0 Å². The number of amides is 1. The minimum atomic E-state index is -3.57. The van der Waals surface area contributed by atoms with Crippen LogP contribution in [0.5, 0.6) is 0 Å². The predicted octanol–water partition coefficient (Wildman–Crippen LogP) is 1.21. The Labute approximate surface area is 141 Å². The van der Waals surface area contributed by atoms with Gasteiger partial charge in [0.05, 0.1) is 12.8 Å². The summed E-state index contributed by atoms with van der Waals surface area (Å²) in [5.41, 5.74) is -0.604. The van der Waals surface area contributed by atoms with Crippen LogP contribution in [0.15, 0.2) is 10.5 Å². The van der Waals surface area contributed by atoms with Crippen LogP contribution in [0.1, 0.15) is 42.6 Å². The maximum absolute atomic E-state index is 12.6. The zero-order valence-electron chi connectivity index (χ0n) is 14.7. The molecule has 1 aromatic heterocycles. The second kappa shape index (κ2) is 6.94. The Bertz CT molecular complexity index is 730. The summed E-state index contributed by atoms with van der Waals surface area (Å²) in [5, 5.41) is 9.03. The van der Waals surface area contributed by atoms with Gasteiger partial charge >= 0.3 is 5.97 Å². The van der Waals surface area contributed by atoms with Crippen molar-refractivity contribution in [1.82, 2.24) is 9.62 Å². The zero-order chi connectivity index (χ0) is 18.9. The summed E-state index contributed by atoms with van der Waals surface area (Å²) in [7, 11) is -2.07. The number of furan rings is 1. The molecule has 136 valence electrons. The van der Waals surface area contributed by atoms with E-state index in [9.17, 15) is 18.0 Å². The Kier molecular flexibility index (Phi) is 5.83. The molecule has 0 aliphatic carbocycles. The van der Waals surface area contributed by atoms with Gasteiger partial charge in [0, 0.05) is 7.05 Å². The first-order valence-corrected chi connectivity index (χ1v) is 9.16. The van der Waals surface area contributed by atoms with Gasteiger partial charge in [-0.05, 0) is 18.4 Å². The third-order valence-corrected chi connectivity index (χ3v) is 4.08. The van der Waals surface area contributed by atoms with E-state index in [1.165, 1.54) is 24.9 Å². The lowest BCUT2D eigenvalue weighted by atomic mass is 9.86. The highest BCUT2D eigenvalue weighted by Gasteiger charge is 2.35. The maximum Gasteiger partial charge on any atom is 0.339 e. The number of aryl methyl sites for hydroxylation is 1. The first-order valence-electron chi connectivity index (χ1n) is 7.27. The Morgan fingerprint density at radius 2 is 1.92 bits per heavy atom. The summed E-state index contributed by atoms with van der Waals surface area (Å²) in [6.07, 6.45) is 0.994. The van der Waals surface area contributed by atoms with Crippen LogP contribution >= 0.6 is 0 Å². The van der Waals surface area contributed by atoms with E-state index >= 15 is 0 Å². The van der Waals surface area contributed by atoms with Crippen LogP contribution in [0.3, 0.4) is 0 Å². The van der Waals surface area contributed by atoms with Crippen molar-refractivity contribution in [3.63, 3.8) is 0 Å². The fourth-order valence-electron chi connectivity index (χ4n) is 2.18. The first-order chi connectivity index (χ1) is 10.7. The largest absolute Gasteiger partial charge is 0.478 e. The molecule has 9 heteroatoms. The molecule has 2 N–H and O–H groups in total. The molecular formula is C15H24N2O6S. The minimum Gasteiger partial charge on any atom is -0.478 e. The number of likely N-dealkylation sites (N-methyl/N-ethyl adjacent to an activating group) is 1. The van der Waals surface area contributed by atoms with E-state index in [-0.39, 0.29) is 17.9 Å². The number of carbonyl (C=O) groups excluding carboxylic acids is 1. The number of hydrogen-bond donors (Lipinski definition) is 2. The Morgan fingerprint density at radius 1 is 1.38 bits per heavy atom. The van der Waals surface area contributed by atoms with Crippen molar-refractivity contribution in [2.45, 2.75) is 40.3 Å². The Hall–Kier alpha value is -1.87. The standard InChI is InChI=1S/C15H24N2O6S/c1-9-11(14(19)20)7-10(23-9)8-17(5)13(18)12(15(2,3)4)16-24(6,21)22/h7,12,16H,8H2,1-6H3,(H,19,20). The topological polar surface area (TPSA) is 117 Å². The van der Waals surface area contributed by atoms with E-state index in [0.717, 1.165) is 6.26 Å². The van der Waals surface area contributed by atoms with Gasteiger partial charge in [-0.1, -0.05) is 20.8 Å². The van der Waals surface area contributed by atoms with Crippen molar-refractivity contribution < 1.29 is 27.5 Å². The smallest absolute Gasteiger partial charge is 0.339 e. The highest BCUT2D eigenvalue weighted by atomic mass is 32.2. The van der Waals surface area contributed by atoms with E-state index in [1.807, 2.05) is 0 Å². The summed E-state index contributed by atoms with van der Waals surface area (Å²) in [6, 6.07) is 0.407. The lowest BCUT2D eigenvalue weighted by Gasteiger charge is -2.32. The first kappa shape index (κ1) is 20.2. The second-order valence-corrected chi connectivity index (χ2v) is 8.65. The van der Waals surface area contributed by atoms with Gasteiger partial charge in [-0.3, -0.25) is 4.79 Å². The monoisotopic (exact) mass is 360 g/mol. The van der Waals surface area contributed by atoms with Gasteiger partial charge in [-0.2, -0.15) is 0 Å². The molecule has 1 amide bonds. The molecule has 0 saturated carbocycles. The number of sulfonamides is 1. The summed E-state index contributed by atoms with van der Waals surface area (Å²) >= 11 is 0. The van der Waals surface area contributed by atoms with Gasteiger partial charge in [0.1, 0.15) is 23.1 Å². The van der Waals surface area contributed by atoms with E-state index in [4.69, 9.17) is 9.52 Å². The lowest BCUT2D eigenvalue weighted by Crippen LogP contribution is -2.53. The molecule has 1 rings (SSSR count). The van der Waals surface area contributed by atoms with Crippen molar-refractivity contribution >= 4 is 21.9 Å². The highest BCUT2D eigenvalue weighted by molar-refractivity contribution is 7.88. The SMILES string of the molecule is Cc1oc(CN(C)C(=O)C(NS(C)(=O)=O)C(C)(C)C)cc1C(=O)O. The van der Waals surface area contributed by atoms with Crippen molar-refractivity contribution in [3.05, 3.63) is 23.2 Å². The van der Waals surface area contributed by atoms with Crippen molar-refractivity contribution in [1.29, 1.82) is 0 Å². The lowest BCUT2D eigenvalue weighted by molar-refractivity contribution is -0.134. The van der Waals surface area contributed by atoms with E-state index < -0.39 is 33.4 Å². The van der Waals surface area contributed by atoms with Crippen LogP contribution in [0.25, 0.3) is 0 Å². The Morgan fingerprint density at radius 3 is 2.29 bits per heavy atom. The molecule has 0 spiro atoms. The number of carboxylic acid groups (broad SMARTS) is 1. The van der Waals surface area contributed by atoms with Crippen LogP contribution in [0.2, 0.25) is 0 Å². The van der Waals surface area contributed by atoms with Gasteiger partial charge in [0.15, 0.2) is 0 Å². The number of nitrogens with zero attached hydrogens (tertiary/aromatic N) is 1. The predicted molar refractivity (Wildman–Crippen MR) is 88.1 cm³/mol. The molecular weight excluding hydrogens is 336 g/mol. The van der Waals surface area contributed by atoms with Crippen molar-refractivity contribution in [2.75, 3.05) is 13.3 Å². The molecule has 1 unspecified atom stereocenters. The van der Waals surface area contributed by atoms with Gasteiger partial charge in [0.2, 0.25) is 15.9 Å².